The summed E-state index contributed by atoms with van der Waals surface area (Å²) in [5, 5.41) is 3.95. The topological polar surface area (TPSA) is 30.2 Å². The predicted octanol–water partition coefficient (Wildman–Crippen LogP) is 0.911. The van der Waals surface area contributed by atoms with Crippen LogP contribution in [0.4, 0.5) is 0 Å². The molecule has 0 saturated carbocycles. The summed E-state index contributed by atoms with van der Waals surface area (Å²) < 4.78 is 1.70. The third kappa shape index (κ3) is 0.603. The number of hydrogen-bond acceptors (Lipinski definition) is 2. The van der Waals surface area contributed by atoms with Crippen molar-refractivity contribution in [2.45, 2.75) is 0 Å². The van der Waals surface area contributed by atoms with Gasteiger partial charge in [0.2, 0.25) is 0 Å². The lowest BCUT2D eigenvalue weighted by Crippen LogP contribution is -1.87. The Morgan fingerprint density at radius 1 is 1.50 bits per heavy atom. The van der Waals surface area contributed by atoms with Crippen molar-refractivity contribution in [3.8, 4) is 0 Å². The van der Waals surface area contributed by atoms with E-state index in [1.807, 2.05) is 18.3 Å². The quantitative estimate of drug-likeness (QED) is 0.533. The highest BCUT2D eigenvalue weighted by atomic mass is 15.3. The van der Waals surface area contributed by atoms with Gasteiger partial charge in [-0.3, -0.25) is 0 Å². The Morgan fingerprint density at radius 3 is 3.20 bits per heavy atom. The van der Waals surface area contributed by atoms with Crippen molar-refractivity contribution in [1.82, 2.24) is 14.6 Å². The van der Waals surface area contributed by atoms with E-state index in [-0.39, 0.29) is 0 Å². The molecule has 0 aliphatic carbocycles. The van der Waals surface area contributed by atoms with Crippen LogP contribution in [-0.4, -0.2) is 14.6 Å². The van der Waals surface area contributed by atoms with Crippen molar-refractivity contribution >= 4 is 5.65 Å². The van der Waals surface area contributed by atoms with E-state index in [4.69, 9.17) is 0 Å². The first kappa shape index (κ1) is 5.41. The van der Waals surface area contributed by atoms with E-state index in [1.54, 1.807) is 4.52 Å². The van der Waals surface area contributed by atoms with Gasteiger partial charge in [0.1, 0.15) is 6.33 Å². The van der Waals surface area contributed by atoms with Crippen molar-refractivity contribution in [3.63, 3.8) is 0 Å². The molecule has 0 unspecified atom stereocenters. The fourth-order valence-corrected chi connectivity index (χ4v) is 0.904. The molecular formula is C7H6N3. The average Bonchev–Trinajstić information content (AvgIpc) is 2.36. The second-order valence-electron chi connectivity index (χ2n) is 2.06. The van der Waals surface area contributed by atoms with Crippen LogP contribution < -0.4 is 0 Å². The molecule has 2 rings (SSSR count). The number of pyridine rings is 1. The van der Waals surface area contributed by atoms with E-state index < -0.39 is 0 Å². The van der Waals surface area contributed by atoms with Crippen LogP contribution in [0.15, 0.2) is 24.7 Å². The van der Waals surface area contributed by atoms with Crippen LogP contribution in [0.2, 0.25) is 0 Å². The number of rotatable bonds is 0. The van der Waals surface area contributed by atoms with Crippen molar-refractivity contribution in [2.24, 2.45) is 0 Å². The van der Waals surface area contributed by atoms with Gasteiger partial charge >= 0.3 is 0 Å². The summed E-state index contributed by atoms with van der Waals surface area (Å²) in [6.45, 7) is 3.80. The van der Waals surface area contributed by atoms with Crippen LogP contribution in [-0.2, 0) is 0 Å². The van der Waals surface area contributed by atoms with E-state index in [1.165, 1.54) is 6.33 Å². The van der Waals surface area contributed by atoms with Gasteiger partial charge in [-0.1, -0.05) is 6.07 Å². The molecule has 0 spiro atoms. The van der Waals surface area contributed by atoms with Gasteiger partial charge in [-0.25, -0.2) is 9.50 Å². The van der Waals surface area contributed by atoms with E-state index in [0.29, 0.717) is 0 Å². The molecule has 1 radical (unpaired) electrons. The Bertz CT molecular complexity index is 350. The molecule has 3 heteroatoms. The van der Waals surface area contributed by atoms with Crippen LogP contribution >= 0.6 is 0 Å². The van der Waals surface area contributed by atoms with Gasteiger partial charge in [-0.2, -0.15) is 5.10 Å². The molecule has 0 aliphatic heterocycles. The first-order valence-corrected chi connectivity index (χ1v) is 2.98. The summed E-state index contributed by atoms with van der Waals surface area (Å²) in [4.78, 5) is 4.01. The Balaban J connectivity index is 2.95. The maximum absolute atomic E-state index is 4.01. The molecule has 0 fully saturated rings. The number of aromatic nitrogens is 3. The third-order valence-corrected chi connectivity index (χ3v) is 1.38. The van der Waals surface area contributed by atoms with Crippen LogP contribution in [0.5, 0.6) is 0 Å². The van der Waals surface area contributed by atoms with Crippen LogP contribution in [0, 0.1) is 6.92 Å². The lowest BCUT2D eigenvalue weighted by atomic mass is 10.3. The SMILES string of the molecule is [CH2]c1cccn2ncnc12. The van der Waals surface area contributed by atoms with Crippen molar-refractivity contribution in [2.75, 3.05) is 0 Å². The number of fused-ring (bicyclic) bond motifs is 1. The normalized spacial score (nSPS) is 10.5. The molecule has 2 aromatic heterocycles. The maximum Gasteiger partial charge on any atom is 0.158 e. The van der Waals surface area contributed by atoms with Gasteiger partial charge in [0.25, 0.3) is 0 Å². The minimum Gasteiger partial charge on any atom is -0.221 e. The molecule has 49 valence electrons. The molecule has 3 nitrogen and oxygen atoms in total. The number of hydrogen-bond donors (Lipinski definition) is 0. The van der Waals surface area contributed by atoms with Gasteiger partial charge in [0.05, 0.1) is 0 Å². The number of nitrogens with zero attached hydrogens (tertiary/aromatic N) is 3. The van der Waals surface area contributed by atoms with Crippen LogP contribution in [0.1, 0.15) is 5.56 Å². The first-order chi connectivity index (χ1) is 4.88. The average molecular weight is 132 g/mol. The van der Waals surface area contributed by atoms with E-state index in [9.17, 15) is 0 Å². The lowest BCUT2D eigenvalue weighted by Gasteiger charge is -1.92. The van der Waals surface area contributed by atoms with Gasteiger partial charge < -0.3 is 0 Å². The Kier molecular flexibility index (Phi) is 0.974. The van der Waals surface area contributed by atoms with Gasteiger partial charge in [0.15, 0.2) is 5.65 Å². The Labute approximate surface area is 58.3 Å². The molecular weight excluding hydrogens is 126 g/mol. The molecule has 10 heavy (non-hydrogen) atoms. The molecule has 0 atom stereocenters. The van der Waals surface area contributed by atoms with Gasteiger partial charge in [-0.15, -0.1) is 0 Å². The van der Waals surface area contributed by atoms with Crippen LogP contribution in [0.3, 0.4) is 0 Å². The summed E-state index contributed by atoms with van der Waals surface area (Å²) in [6.07, 6.45) is 3.36. The standard InChI is InChI=1S/C7H6N3/c1-6-3-2-4-10-7(6)8-5-9-10/h2-5H,1H2. The van der Waals surface area contributed by atoms with Crippen molar-refractivity contribution in [1.29, 1.82) is 0 Å². The molecule has 0 N–H and O–H groups in total. The zero-order valence-electron chi connectivity index (χ0n) is 5.36. The smallest absolute Gasteiger partial charge is 0.158 e. The summed E-state index contributed by atoms with van der Waals surface area (Å²) in [7, 11) is 0. The monoisotopic (exact) mass is 132 g/mol. The Morgan fingerprint density at radius 2 is 2.40 bits per heavy atom. The highest BCUT2D eigenvalue weighted by Gasteiger charge is 1.94. The highest BCUT2D eigenvalue weighted by Crippen LogP contribution is 2.03. The Hall–Kier alpha value is -1.38. The minimum absolute atomic E-state index is 0.822. The van der Waals surface area contributed by atoms with E-state index in [2.05, 4.69) is 17.0 Å². The predicted molar refractivity (Wildman–Crippen MR) is 37.4 cm³/mol. The summed E-state index contributed by atoms with van der Waals surface area (Å²) in [5.74, 6) is 0. The fraction of sp³-hybridized carbons (Fsp3) is 0. The molecule has 0 aromatic carbocycles. The largest absolute Gasteiger partial charge is 0.221 e. The van der Waals surface area contributed by atoms with Crippen molar-refractivity contribution in [3.05, 3.63) is 37.1 Å². The lowest BCUT2D eigenvalue weighted by molar-refractivity contribution is 0.959. The molecule has 2 heterocycles. The maximum atomic E-state index is 4.01. The van der Waals surface area contributed by atoms with E-state index in [0.717, 1.165) is 11.2 Å². The van der Waals surface area contributed by atoms with Crippen LogP contribution in [0.25, 0.3) is 5.65 Å². The summed E-state index contributed by atoms with van der Waals surface area (Å²) >= 11 is 0. The second kappa shape index (κ2) is 1.80. The fourth-order valence-electron chi connectivity index (χ4n) is 0.904. The molecule has 0 aliphatic rings. The molecule has 0 bridgehead atoms. The van der Waals surface area contributed by atoms with Gasteiger partial charge in [0, 0.05) is 6.20 Å². The molecule has 0 amide bonds. The molecule has 2 aromatic rings. The zero-order valence-corrected chi connectivity index (χ0v) is 5.36. The zero-order chi connectivity index (χ0) is 6.97. The van der Waals surface area contributed by atoms with Crippen molar-refractivity contribution < 1.29 is 0 Å². The third-order valence-electron chi connectivity index (χ3n) is 1.38. The molecule has 0 saturated heterocycles. The minimum atomic E-state index is 0.822. The van der Waals surface area contributed by atoms with E-state index >= 15 is 0 Å². The summed E-state index contributed by atoms with van der Waals surface area (Å²) in [6, 6.07) is 3.80. The summed E-state index contributed by atoms with van der Waals surface area (Å²) in [5.41, 5.74) is 1.72. The second-order valence-corrected chi connectivity index (χ2v) is 2.06. The van der Waals surface area contributed by atoms with Gasteiger partial charge in [-0.05, 0) is 18.6 Å². The highest BCUT2D eigenvalue weighted by molar-refractivity contribution is 5.47. The first-order valence-electron chi connectivity index (χ1n) is 2.98.